The van der Waals surface area contributed by atoms with Crippen molar-refractivity contribution in [3.05, 3.63) is 12.4 Å². The summed E-state index contributed by atoms with van der Waals surface area (Å²) in [5, 5.41) is 0.807. The number of imidazole rings is 1. The van der Waals surface area contributed by atoms with E-state index in [-0.39, 0.29) is 17.3 Å². The summed E-state index contributed by atoms with van der Waals surface area (Å²) in [4.78, 5) is 15.7. The van der Waals surface area contributed by atoms with Gasteiger partial charge in [0.2, 0.25) is 0 Å². The summed E-state index contributed by atoms with van der Waals surface area (Å²) >= 11 is 1.50. The van der Waals surface area contributed by atoms with Crippen LogP contribution in [0.3, 0.4) is 0 Å². The molecule has 1 saturated heterocycles. The van der Waals surface area contributed by atoms with Crippen molar-refractivity contribution in [3.8, 4) is 0 Å². The van der Waals surface area contributed by atoms with E-state index in [0.29, 0.717) is 0 Å². The van der Waals surface area contributed by atoms with Gasteiger partial charge < -0.3 is 9.30 Å². The molecule has 0 saturated carbocycles. The highest BCUT2D eigenvalue weighted by Gasteiger charge is 2.33. The van der Waals surface area contributed by atoms with Crippen LogP contribution >= 0.6 is 11.8 Å². The lowest BCUT2D eigenvalue weighted by Gasteiger charge is -2.06. The highest BCUT2D eigenvalue weighted by molar-refractivity contribution is 8.00. The fourth-order valence-electron chi connectivity index (χ4n) is 1.60. The second-order valence-electron chi connectivity index (χ2n) is 3.59. The molecule has 1 fully saturated rings. The first-order valence-corrected chi connectivity index (χ1v) is 5.97. The number of rotatable bonds is 3. The van der Waals surface area contributed by atoms with Crippen molar-refractivity contribution in [3.63, 3.8) is 0 Å². The molecule has 4 nitrogen and oxygen atoms in total. The number of thioether (sulfide) groups is 1. The van der Waals surface area contributed by atoms with E-state index in [0.717, 1.165) is 18.1 Å². The van der Waals surface area contributed by atoms with Crippen LogP contribution in [0.15, 0.2) is 17.6 Å². The molecule has 1 aromatic heterocycles. The predicted molar refractivity (Wildman–Crippen MR) is 57.7 cm³/mol. The quantitative estimate of drug-likeness (QED) is 0.736. The fraction of sp³-hybridized carbons (Fsp3) is 0.600. The summed E-state index contributed by atoms with van der Waals surface area (Å²) in [5.41, 5.74) is 0. The van der Waals surface area contributed by atoms with Gasteiger partial charge in [-0.05, 0) is 13.8 Å². The van der Waals surface area contributed by atoms with Crippen molar-refractivity contribution < 1.29 is 9.53 Å². The van der Waals surface area contributed by atoms with Crippen LogP contribution in [0.25, 0.3) is 0 Å². The predicted octanol–water partition coefficient (Wildman–Crippen LogP) is 1.70. The van der Waals surface area contributed by atoms with E-state index in [2.05, 4.69) is 11.9 Å². The second kappa shape index (κ2) is 4.26. The van der Waals surface area contributed by atoms with Crippen molar-refractivity contribution in [2.24, 2.45) is 0 Å². The van der Waals surface area contributed by atoms with Gasteiger partial charge in [0.25, 0.3) is 0 Å². The largest absolute Gasteiger partial charge is 0.462 e. The third-order valence-corrected chi connectivity index (χ3v) is 3.61. The van der Waals surface area contributed by atoms with E-state index in [1.165, 1.54) is 11.8 Å². The lowest BCUT2D eigenvalue weighted by atomic mass is 10.3. The average Bonchev–Trinajstić information content (AvgIpc) is 2.74. The van der Waals surface area contributed by atoms with Crippen molar-refractivity contribution in [2.45, 2.75) is 43.3 Å². The number of nitrogens with zero attached hydrogens (tertiary/aromatic N) is 2. The Morgan fingerprint density at radius 1 is 1.73 bits per heavy atom. The number of esters is 1. The van der Waals surface area contributed by atoms with Gasteiger partial charge in [-0.2, -0.15) is 0 Å². The third-order valence-electron chi connectivity index (χ3n) is 2.39. The molecular weight excluding hydrogens is 212 g/mol. The van der Waals surface area contributed by atoms with Crippen molar-refractivity contribution in [2.75, 3.05) is 0 Å². The maximum Gasteiger partial charge on any atom is 0.319 e. The van der Waals surface area contributed by atoms with E-state index >= 15 is 0 Å². The Kier molecular flexibility index (Phi) is 3.00. The molecule has 0 N–H and O–H groups in total. The Morgan fingerprint density at radius 2 is 2.53 bits per heavy atom. The second-order valence-corrected chi connectivity index (χ2v) is 4.76. The normalized spacial score (nSPS) is 25.6. The molecule has 1 aliphatic heterocycles. The highest BCUT2D eigenvalue weighted by atomic mass is 32.2. The van der Waals surface area contributed by atoms with Gasteiger partial charge in [-0.1, -0.05) is 11.8 Å². The summed E-state index contributed by atoms with van der Waals surface area (Å²) in [7, 11) is 0. The molecule has 0 spiro atoms. The summed E-state index contributed by atoms with van der Waals surface area (Å²) < 4.78 is 7.13. The Bertz CT molecular complexity index is 364. The van der Waals surface area contributed by atoms with Gasteiger partial charge >= 0.3 is 5.97 Å². The van der Waals surface area contributed by atoms with Crippen molar-refractivity contribution in [1.29, 1.82) is 0 Å². The van der Waals surface area contributed by atoms with Gasteiger partial charge in [0, 0.05) is 25.4 Å². The van der Waals surface area contributed by atoms with Gasteiger partial charge in [-0.15, -0.1) is 0 Å². The maximum atomic E-state index is 11.4. The van der Waals surface area contributed by atoms with Gasteiger partial charge in [-0.3, -0.25) is 4.79 Å². The van der Waals surface area contributed by atoms with Gasteiger partial charge in [-0.25, -0.2) is 4.98 Å². The van der Waals surface area contributed by atoms with Crippen LogP contribution in [-0.2, 0) is 16.1 Å². The molecule has 15 heavy (non-hydrogen) atoms. The van der Waals surface area contributed by atoms with Gasteiger partial charge in [0.05, 0.1) is 0 Å². The first kappa shape index (κ1) is 10.5. The molecule has 0 aromatic carbocycles. The SMILES string of the molecule is CCn1ccnc1SC1CC(C)OC1=O. The van der Waals surface area contributed by atoms with E-state index < -0.39 is 0 Å². The van der Waals surface area contributed by atoms with E-state index in [1.807, 2.05) is 17.7 Å². The molecule has 2 rings (SSSR count). The minimum atomic E-state index is -0.113. The van der Waals surface area contributed by atoms with Gasteiger partial charge in [0.15, 0.2) is 5.16 Å². The zero-order valence-electron chi connectivity index (χ0n) is 8.84. The summed E-state index contributed by atoms with van der Waals surface area (Å²) in [6.45, 7) is 4.85. The standard InChI is InChI=1S/C10H14N2O2S/c1-3-12-5-4-11-10(12)15-8-6-7(2)14-9(8)13/h4-5,7-8H,3,6H2,1-2H3. The smallest absolute Gasteiger partial charge is 0.319 e. The van der Waals surface area contributed by atoms with E-state index in [1.54, 1.807) is 6.20 Å². The molecule has 2 atom stereocenters. The number of aryl methyl sites for hydroxylation is 1. The van der Waals surface area contributed by atoms with Crippen LogP contribution < -0.4 is 0 Å². The molecule has 0 aliphatic carbocycles. The molecule has 0 bridgehead atoms. The minimum Gasteiger partial charge on any atom is -0.462 e. The van der Waals surface area contributed by atoms with Crippen LogP contribution in [0.5, 0.6) is 0 Å². The molecule has 5 heteroatoms. The summed E-state index contributed by atoms with van der Waals surface area (Å²) in [6.07, 6.45) is 4.50. The van der Waals surface area contributed by atoms with Crippen LogP contribution in [0.1, 0.15) is 20.3 Å². The molecule has 1 aromatic rings. The molecule has 82 valence electrons. The lowest BCUT2D eigenvalue weighted by molar-refractivity contribution is -0.140. The summed E-state index contributed by atoms with van der Waals surface area (Å²) in [6, 6.07) is 0. The van der Waals surface area contributed by atoms with Gasteiger partial charge in [0.1, 0.15) is 11.4 Å². The van der Waals surface area contributed by atoms with Crippen LogP contribution in [0.4, 0.5) is 0 Å². The van der Waals surface area contributed by atoms with Crippen molar-refractivity contribution >= 4 is 17.7 Å². The number of carbonyl (C=O) groups is 1. The Hall–Kier alpha value is -0.970. The molecule has 2 heterocycles. The number of aromatic nitrogens is 2. The molecule has 1 aliphatic rings. The van der Waals surface area contributed by atoms with E-state index in [4.69, 9.17) is 4.74 Å². The maximum absolute atomic E-state index is 11.4. The number of ether oxygens (including phenoxy) is 1. The zero-order valence-corrected chi connectivity index (χ0v) is 9.66. The highest BCUT2D eigenvalue weighted by Crippen LogP contribution is 2.30. The lowest BCUT2D eigenvalue weighted by Crippen LogP contribution is -2.11. The van der Waals surface area contributed by atoms with E-state index in [9.17, 15) is 4.79 Å². The number of hydrogen-bond acceptors (Lipinski definition) is 4. The molecule has 0 amide bonds. The topological polar surface area (TPSA) is 44.1 Å². The number of carbonyl (C=O) groups excluding carboxylic acids is 1. The van der Waals surface area contributed by atoms with Crippen LogP contribution in [-0.4, -0.2) is 26.9 Å². The molecular formula is C10H14N2O2S. The Morgan fingerprint density at radius 3 is 3.13 bits per heavy atom. The molecule has 2 unspecified atom stereocenters. The minimum absolute atomic E-state index is 0.0417. The first-order valence-electron chi connectivity index (χ1n) is 5.09. The Labute approximate surface area is 93.0 Å². The monoisotopic (exact) mass is 226 g/mol. The first-order chi connectivity index (χ1) is 7.20. The van der Waals surface area contributed by atoms with Crippen LogP contribution in [0.2, 0.25) is 0 Å². The van der Waals surface area contributed by atoms with Crippen LogP contribution in [0, 0.1) is 0 Å². The third kappa shape index (κ3) is 2.17. The Balaban J connectivity index is 2.06. The zero-order chi connectivity index (χ0) is 10.8. The fourth-order valence-corrected chi connectivity index (χ4v) is 2.82. The average molecular weight is 226 g/mol. The summed E-state index contributed by atoms with van der Waals surface area (Å²) in [5.74, 6) is -0.113. The number of hydrogen-bond donors (Lipinski definition) is 0. The number of cyclic esters (lactones) is 1. The molecule has 0 radical (unpaired) electrons. The van der Waals surface area contributed by atoms with Crippen molar-refractivity contribution in [1.82, 2.24) is 9.55 Å².